The molecule has 5 nitrogen and oxygen atoms in total. The molecule has 1 saturated heterocycles. The molecule has 90 valence electrons. The minimum Gasteiger partial charge on any atom is -0.472 e. The van der Waals surface area contributed by atoms with Crippen LogP contribution in [0.5, 0.6) is 0 Å². The van der Waals surface area contributed by atoms with Crippen LogP contribution in [0, 0.1) is 5.41 Å². The summed E-state index contributed by atoms with van der Waals surface area (Å²) in [7, 11) is -3.07. The molecule has 16 heavy (non-hydrogen) atoms. The minimum atomic E-state index is -3.07. The van der Waals surface area contributed by atoms with Crippen LogP contribution < -0.4 is 5.73 Å². The summed E-state index contributed by atoms with van der Waals surface area (Å²) >= 11 is 0. The fraction of sp³-hybridized carbons (Fsp3) is 0.600. The lowest BCUT2D eigenvalue weighted by atomic mass is 9.79. The molecule has 1 aromatic rings. The summed E-state index contributed by atoms with van der Waals surface area (Å²) < 4.78 is 27.9. The fourth-order valence-corrected chi connectivity index (χ4v) is 4.37. The Bertz CT molecular complexity index is 453. The predicted octanol–water partition coefficient (Wildman–Crippen LogP) is 0.0766. The smallest absolute Gasteiger partial charge is 0.151 e. The first-order chi connectivity index (χ1) is 7.49. The molecule has 0 aliphatic carbocycles. The molecular formula is C10H15NO4S. The number of nitrogens with two attached hydrogens (primary N) is 1. The van der Waals surface area contributed by atoms with Gasteiger partial charge in [0.05, 0.1) is 30.1 Å². The van der Waals surface area contributed by atoms with Crippen molar-refractivity contribution in [2.24, 2.45) is 11.1 Å². The topological polar surface area (TPSA) is 93.5 Å². The van der Waals surface area contributed by atoms with Crippen LogP contribution in [0.1, 0.15) is 18.1 Å². The predicted molar refractivity (Wildman–Crippen MR) is 58.4 cm³/mol. The number of sulfone groups is 1. The molecule has 0 amide bonds. The zero-order valence-electron chi connectivity index (χ0n) is 8.80. The number of aliphatic hydroxyl groups excluding tert-OH is 1. The van der Waals surface area contributed by atoms with E-state index < -0.39 is 21.4 Å². The van der Waals surface area contributed by atoms with E-state index in [0.29, 0.717) is 12.0 Å². The first-order valence-electron chi connectivity index (χ1n) is 5.10. The van der Waals surface area contributed by atoms with E-state index in [1.807, 2.05) is 0 Å². The number of rotatable bonds is 3. The Kier molecular flexibility index (Phi) is 2.81. The molecule has 0 radical (unpaired) electrons. The maximum absolute atomic E-state index is 11.5. The standard InChI is InChI=1S/C10H15NO4S/c11-6-10(2-4-16(13,14)7-10)9(12)8-1-3-15-5-8/h1,3,5,9,12H,2,4,6-7,11H2. The van der Waals surface area contributed by atoms with E-state index in [9.17, 15) is 13.5 Å². The summed E-state index contributed by atoms with van der Waals surface area (Å²) in [5, 5.41) is 10.2. The average Bonchev–Trinajstić information content (AvgIpc) is 2.85. The lowest BCUT2D eigenvalue weighted by Crippen LogP contribution is -2.37. The summed E-state index contributed by atoms with van der Waals surface area (Å²) in [6.07, 6.45) is 2.39. The van der Waals surface area contributed by atoms with Crippen molar-refractivity contribution in [3.8, 4) is 0 Å². The van der Waals surface area contributed by atoms with Crippen LogP contribution in [-0.2, 0) is 9.84 Å². The first-order valence-corrected chi connectivity index (χ1v) is 6.92. The van der Waals surface area contributed by atoms with Crippen LogP contribution in [0.3, 0.4) is 0 Å². The van der Waals surface area contributed by atoms with E-state index in [2.05, 4.69) is 0 Å². The molecule has 3 N–H and O–H groups in total. The lowest BCUT2D eigenvalue weighted by molar-refractivity contribution is 0.0467. The SMILES string of the molecule is NCC1(C(O)c2ccoc2)CCS(=O)(=O)C1. The van der Waals surface area contributed by atoms with Crippen molar-refractivity contribution in [1.82, 2.24) is 0 Å². The largest absolute Gasteiger partial charge is 0.472 e. The lowest BCUT2D eigenvalue weighted by Gasteiger charge is -2.30. The Morgan fingerprint density at radius 3 is 2.81 bits per heavy atom. The van der Waals surface area contributed by atoms with Gasteiger partial charge in [-0.05, 0) is 12.5 Å². The molecule has 1 aliphatic heterocycles. The number of hydrogen-bond donors (Lipinski definition) is 2. The highest BCUT2D eigenvalue weighted by atomic mass is 32.2. The summed E-state index contributed by atoms with van der Waals surface area (Å²) in [5.41, 5.74) is 5.47. The van der Waals surface area contributed by atoms with E-state index in [4.69, 9.17) is 10.2 Å². The van der Waals surface area contributed by atoms with Gasteiger partial charge in [0.2, 0.25) is 0 Å². The van der Waals surface area contributed by atoms with Crippen molar-refractivity contribution < 1.29 is 17.9 Å². The van der Waals surface area contributed by atoms with Crippen molar-refractivity contribution in [2.45, 2.75) is 12.5 Å². The average molecular weight is 245 g/mol. The van der Waals surface area contributed by atoms with Crippen molar-refractivity contribution in [2.75, 3.05) is 18.1 Å². The van der Waals surface area contributed by atoms with Crippen molar-refractivity contribution >= 4 is 9.84 Å². The molecule has 2 unspecified atom stereocenters. The van der Waals surface area contributed by atoms with Crippen LogP contribution in [0.4, 0.5) is 0 Å². The third-order valence-electron chi connectivity index (χ3n) is 3.26. The second-order valence-corrected chi connectivity index (χ2v) is 6.55. The Morgan fingerprint density at radius 1 is 1.62 bits per heavy atom. The summed E-state index contributed by atoms with van der Waals surface area (Å²) in [6, 6.07) is 1.63. The highest BCUT2D eigenvalue weighted by molar-refractivity contribution is 7.91. The highest BCUT2D eigenvalue weighted by Crippen LogP contribution is 2.42. The van der Waals surface area contributed by atoms with Crippen LogP contribution in [0.15, 0.2) is 23.0 Å². The molecule has 2 heterocycles. The number of aliphatic hydroxyl groups is 1. The van der Waals surface area contributed by atoms with E-state index in [-0.39, 0.29) is 18.1 Å². The Hall–Kier alpha value is -0.850. The minimum absolute atomic E-state index is 0.0527. The van der Waals surface area contributed by atoms with Gasteiger partial charge >= 0.3 is 0 Å². The van der Waals surface area contributed by atoms with Crippen LogP contribution in [0.25, 0.3) is 0 Å². The van der Waals surface area contributed by atoms with Gasteiger partial charge in [-0.15, -0.1) is 0 Å². The Morgan fingerprint density at radius 2 is 2.38 bits per heavy atom. The monoisotopic (exact) mass is 245 g/mol. The molecule has 6 heteroatoms. The first kappa shape index (κ1) is 11.6. The maximum atomic E-state index is 11.5. The maximum Gasteiger partial charge on any atom is 0.151 e. The van der Waals surface area contributed by atoms with E-state index in [1.165, 1.54) is 12.5 Å². The van der Waals surface area contributed by atoms with Gasteiger partial charge in [0.15, 0.2) is 9.84 Å². The molecule has 1 aliphatic rings. The molecule has 1 fully saturated rings. The molecule has 0 aromatic carbocycles. The van der Waals surface area contributed by atoms with Gasteiger partial charge in [-0.3, -0.25) is 0 Å². The van der Waals surface area contributed by atoms with Crippen molar-refractivity contribution in [3.63, 3.8) is 0 Å². The van der Waals surface area contributed by atoms with E-state index in [0.717, 1.165) is 0 Å². The molecular weight excluding hydrogens is 230 g/mol. The van der Waals surface area contributed by atoms with E-state index in [1.54, 1.807) is 6.07 Å². The van der Waals surface area contributed by atoms with Gasteiger partial charge < -0.3 is 15.3 Å². The van der Waals surface area contributed by atoms with E-state index >= 15 is 0 Å². The van der Waals surface area contributed by atoms with Gasteiger partial charge in [0, 0.05) is 17.5 Å². The van der Waals surface area contributed by atoms with Crippen LogP contribution in [0.2, 0.25) is 0 Å². The van der Waals surface area contributed by atoms with Crippen molar-refractivity contribution in [1.29, 1.82) is 0 Å². The molecule has 0 bridgehead atoms. The number of furan rings is 1. The Balaban J connectivity index is 2.30. The van der Waals surface area contributed by atoms with Gasteiger partial charge in [0.1, 0.15) is 0 Å². The third kappa shape index (κ3) is 1.88. The molecule has 0 spiro atoms. The quantitative estimate of drug-likeness (QED) is 0.786. The summed E-state index contributed by atoms with van der Waals surface area (Å²) in [6.45, 7) is 0.151. The fourth-order valence-electron chi connectivity index (χ4n) is 2.21. The zero-order chi connectivity index (χ0) is 11.8. The van der Waals surface area contributed by atoms with Gasteiger partial charge in [-0.1, -0.05) is 0 Å². The molecule has 2 rings (SSSR count). The van der Waals surface area contributed by atoms with Gasteiger partial charge in [-0.2, -0.15) is 0 Å². The van der Waals surface area contributed by atoms with Crippen molar-refractivity contribution in [3.05, 3.63) is 24.2 Å². The number of hydrogen-bond acceptors (Lipinski definition) is 5. The molecule has 2 atom stereocenters. The van der Waals surface area contributed by atoms with Gasteiger partial charge in [-0.25, -0.2) is 8.42 Å². The molecule has 1 aromatic heterocycles. The molecule has 0 saturated carbocycles. The van der Waals surface area contributed by atoms with Crippen LogP contribution in [-0.4, -0.2) is 31.6 Å². The van der Waals surface area contributed by atoms with Gasteiger partial charge in [0.25, 0.3) is 0 Å². The Labute approximate surface area is 94.2 Å². The third-order valence-corrected chi connectivity index (χ3v) is 5.10. The summed E-state index contributed by atoms with van der Waals surface area (Å²) in [4.78, 5) is 0. The summed E-state index contributed by atoms with van der Waals surface area (Å²) in [5.74, 6) is 0.0436. The van der Waals surface area contributed by atoms with Crippen LogP contribution >= 0.6 is 0 Å². The second-order valence-electron chi connectivity index (χ2n) is 4.37. The second kappa shape index (κ2) is 3.87. The normalized spacial score (nSPS) is 30.4. The highest BCUT2D eigenvalue weighted by Gasteiger charge is 2.47. The zero-order valence-corrected chi connectivity index (χ0v) is 9.61.